The Morgan fingerprint density at radius 3 is 2.32 bits per heavy atom. The molecule has 0 unspecified atom stereocenters. The molecule has 6 nitrogen and oxygen atoms in total. The third-order valence-corrected chi connectivity index (χ3v) is 8.35. The van der Waals surface area contributed by atoms with Crippen molar-refractivity contribution in [3.8, 4) is 34.1 Å². The molecule has 0 amide bonds. The van der Waals surface area contributed by atoms with Gasteiger partial charge in [0.2, 0.25) is 0 Å². The van der Waals surface area contributed by atoms with E-state index in [1.165, 1.54) is 19.3 Å². The van der Waals surface area contributed by atoms with Gasteiger partial charge in [-0.25, -0.2) is 4.79 Å². The van der Waals surface area contributed by atoms with E-state index in [4.69, 9.17) is 18.9 Å². The molecular formula is C38H35NO5. The third-order valence-electron chi connectivity index (χ3n) is 8.35. The molecule has 2 aliphatic rings. The second-order valence-electron chi connectivity index (χ2n) is 11.4. The van der Waals surface area contributed by atoms with Crippen LogP contribution in [0.3, 0.4) is 0 Å². The smallest absolute Gasteiger partial charge is 0.338 e. The van der Waals surface area contributed by atoms with Crippen LogP contribution in [0.4, 0.5) is 0 Å². The van der Waals surface area contributed by atoms with Crippen molar-refractivity contribution >= 4 is 16.7 Å². The Kier molecular flexibility index (Phi) is 8.15. The number of carbonyl (C=O) groups is 1. The van der Waals surface area contributed by atoms with E-state index in [2.05, 4.69) is 29.2 Å². The van der Waals surface area contributed by atoms with E-state index in [0.29, 0.717) is 24.5 Å². The Morgan fingerprint density at radius 1 is 0.705 bits per heavy atom. The van der Waals surface area contributed by atoms with Gasteiger partial charge in [0.25, 0.3) is 0 Å². The van der Waals surface area contributed by atoms with Crippen LogP contribution in [-0.2, 0) is 18.0 Å². The highest BCUT2D eigenvalue weighted by molar-refractivity contribution is 5.98. The van der Waals surface area contributed by atoms with Gasteiger partial charge >= 0.3 is 5.97 Å². The van der Waals surface area contributed by atoms with Crippen LogP contribution >= 0.6 is 0 Å². The molecule has 1 saturated heterocycles. The molecule has 44 heavy (non-hydrogen) atoms. The fraction of sp³-hybridized carbons (Fsp3) is 0.237. The lowest BCUT2D eigenvalue weighted by atomic mass is 9.96. The maximum absolute atomic E-state index is 12.1. The SMILES string of the molecule is O=C1OCc2cc(-c3ccc4cc(OCc5ccccc5)ccc4c3Oc3ccc(OCCN4CCCCC4)cc3)ccc21. The number of fused-ring (bicyclic) bond motifs is 2. The first-order valence-electron chi connectivity index (χ1n) is 15.4. The van der Waals surface area contributed by atoms with Crippen LogP contribution in [0.5, 0.6) is 23.0 Å². The van der Waals surface area contributed by atoms with Gasteiger partial charge in [-0.05, 0) is 103 Å². The van der Waals surface area contributed by atoms with Gasteiger partial charge in [0.1, 0.15) is 42.8 Å². The monoisotopic (exact) mass is 585 g/mol. The molecule has 222 valence electrons. The molecule has 2 heterocycles. The Balaban J connectivity index is 1.15. The van der Waals surface area contributed by atoms with Crippen LogP contribution < -0.4 is 14.2 Å². The van der Waals surface area contributed by atoms with Crippen LogP contribution in [0.15, 0.2) is 103 Å². The predicted octanol–water partition coefficient (Wildman–Crippen LogP) is 8.41. The molecule has 0 atom stereocenters. The molecular weight excluding hydrogens is 550 g/mol. The molecule has 1 fully saturated rings. The molecule has 7 rings (SSSR count). The molecule has 5 aromatic rings. The Bertz CT molecular complexity index is 1760. The standard InChI is InChI=1S/C38H35NO5/c40-38-36-17-10-28(23-30(36)26-43-38)34-16-9-29-24-33(42-25-27-7-3-1-4-8-27)15-18-35(29)37(34)44-32-13-11-31(12-14-32)41-22-21-39-19-5-2-6-20-39/h1,3-4,7-18,23-24H,2,5-6,19-22,25-26H2. The van der Waals surface area contributed by atoms with Crippen LogP contribution in [0, 0.1) is 0 Å². The van der Waals surface area contributed by atoms with Gasteiger partial charge in [0, 0.05) is 23.1 Å². The fourth-order valence-electron chi connectivity index (χ4n) is 5.95. The van der Waals surface area contributed by atoms with E-state index in [-0.39, 0.29) is 12.6 Å². The van der Waals surface area contributed by atoms with Crippen molar-refractivity contribution in [2.45, 2.75) is 32.5 Å². The minimum absolute atomic E-state index is 0.275. The maximum atomic E-state index is 12.1. The number of nitrogens with zero attached hydrogens (tertiary/aromatic N) is 1. The minimum atomic E-state index is -0.275. The van der Waals surface area contributed by atoms with Crippen molar-refractivity contribution in [1.82, 2.24) is 4.90 Å². The number of esters is 1. The molecule has 6 heteroatoms. The summed E-state index contributed by atoms with van der Waals surface area (Å²) in [6, 6.07) is 34.0. The van der Waals surface area contributed by atoms with E-state index < -0.39 is 0 Å². The zero-order valence-corrected chi connectivity index (χ0v) is 24.7. The summed E-state index contributed by atoms with van der Waals surface area (Å²) in [6.45, 7) is 4.73. The molecule has 0 aliphatic carbocycles. The zero-order valence-electron chi connectivity index (χ0n) is 24.7. The molecule has 5 aromatic carbocycles. The second kappa shape index (κ2) is 12.8. The molecule has 2 aliphatic heterocycles. The summed E-state index contributed by atoms with van der Waals surface area (Å²) in [5.41, 5.74) is 4.51. The predicted molar refractivity (Wildman–Crippen MR) is 172 cm³/mol. The quantitative estimate of drug-likeness (QED) is 0.153. The molecule has 0 saturated carbocycles. The summed E-state index contributed by atoms with van der Waals surface area (Å²) in [5, 5.41) is 1.97. The van der Waals surface area contributed by atoms with Crippen molar-refractivity contribution < 1.29 is 23.7 Å². The lowest BCUT2D eigenvalue weighted by Crippen LogP contribution is -2.33. The van der Waals surface area contributed by atoms with Crippen molar-refractivity contribution in [2.24, 2.45) is 0 Å². The Hall–Kier alpha value is -4.81. The van der Waals surface area contributed by atoms with Gasteiger partial charge in [-0.1, -0.05) is 48.9 Å². The van der Waals surface area contributed by atoms with Gasteiger partial charge in [-0.3, -0.25) is 4.90 Å². The molecule has 0 bridgehead atoms. The molecule has 0 N–H and O–H groups in total. The number of benzene rings is 5. The molecule has 0 aromatic heterocycles. The van der Waals surface area contributed by atoms with Gasteiger partial charge in [0.15, 0.2) is 0 Å². The third kappa shape index (κ3) is 6.26. The summed E-state index contributed by atoms with van der Waals surface area (Å²) in [6.07, 6.45) is 3.89. The first kappa shape index (κ1) is 28.0. The number of carbonyl (C=O) groups excluding carboxylic acids is 1. The summed E-state index contributed by atoms with van der Waals surface area (Å²) >= 11 is 0. The number of hydrogen-bond donors (Lipinski definition) is 0. The summed E-state index contributed by atoms with van der Waals surface area (Å²) < 4.78 is 24.1. The first-order valence-corrected chi connectivity index (χ1v) is 15.4. The number of ether oxygens (including phenoxy) is 4. The van der Waals surface area contributed by atoms with Crippen LogP contribution in [0.2, 0.25) is 0 Å². The van der Waals surface area contributed by atoms with Crippen molar-refractivity contribution in [2.75, 3.05) is 26.2 Å². The van der Waals surface area contributed by atoms with E-state index in [9.17, 15) is 4.79 Å². The highest BCUT2D eigenvalue weighted by Gasteiger charge is 2.22. The maximum Gasteiger partial charge on any atom is 0.338 e. The topological polar surface area (TPSA) is 57.2 Å². The number of hydrogen-bond acceptors (Lipinski definition) is 6. The highest BCUT2D eigenvalue weighted by Crippen LogP contribution is 2.42. The number of likely N-dealkylation sites (tertiary alicyclic amines) is 1. The van der Waals surface area contributed by atoms with Crippen LogP contribution in [0.25, 0.3) is 21.9 Å². The Labute approximate surface area is 257 Å². The average molecular weight is 586 g/mol. The number of cyclic esters (lactones) is 1. The van der Waals surface area contributed by atoms with Crippen molar-refractivity contribution in [1.29, 1.82) is 0 Å². The van der Waals surface area contributed by atoms with Gasteiger partial charge < -0.3 is 18.9 Å². The van der Waals surface area contributed by atoms with Crippen LogP contribution in [0.1, 0.15) is 40.7 Å². The van der Waals surface area contributed by atoms with E-state index in [1.807, 2.05) is 78.9 Å². The van der Waals surface area contributed by atoms with Gasteiger partial charge in [-0.15, -0.1) is 0 Å². The molecule has 0 radical (unpaired) electrons. The summed E-state index contributed by atoms with van der Waals surface area (Å²) in [5.74, 6) is 2.80. The van der Waals surface area contributed by atoms with Crippen molar-refractivity contribution in [3.05, 3.63) is 120 Å². The minimum Gasteiger partial charge on any atom is -0.492 e. The second-order valence-corrected chi connectivity index (χ2v) is 11.4. The lowest BCUT2D eigenvalue weighted by Gasteiger charge is -2.26. The fourth-order valence-corrected chi connectivity index (χ4v) is 5.95. The molecule has 0 spiro atoms. The number of rotatable bonds is 10. The lowest BCUT2D eigenvalue weighted by molar-refractivity contribution is 0.0535. The van der Waals surface area contributed by atoms with E-state index >= 15 is 0 Å². The first-order chi connectivity index (χ1) is 21.7. The van der Waals surface area contributed by atoms with Gasteiger partial charge in [-0.2, -0.15) is 0 Å². The highest BCUT2D eigenvalue weighted by atomic mass is 16.5. The largest absolute Gasteiger partial charge is 0.492 e. The number of piperidine rings is 1. The zero-order chi connectivity index (χ0) is 29.7. The summed E-state index contributed by atoms with van der Waals surface area (Å²) in [7, 11) is 0. The van der Waals surface area contributed by atoms with E-state index in [0.717, 1.165) is 69.9 Å². The van der Waals surface area contributed by atoms with Gasteiger partial charge in [0.05, 0.1) is 5.56 Å². The van der Waals surface area contributed by atoms with Crippen molar-refractivity contribution in [3.63, 3.8) is 0 Å². The normalized spacial score (nSPS) is 14.7. The summed E-state index contributed by atoms with van der Waals surface area (Å²) in [4.78, 5) is 14.5. The Morgan fingerprint density at radius 2 is 1.48 bits per heavy atom. The van der Waals surface area contributed by atoms with E-state index in [1.54, 1.807) is 0 Å². The average Bonchev–Trinajstić information content (AvgIpc) is 3.45. The van der Waals surface area contributed by atoms with Crippen LogP contribution in [-0.4, -0.2) is 37.1 Å².